The van der Waals surface area contributed by atoms with Crippen molar-refractivity contribution in [2.75, 3.05) is 44.3 Å². The Kier molecular flexibility index (Phi) is 6.87. The lowest BCUT2D eigenvalue weighted by Gasteiger charge is -2.33. The van der Waals surface area contributed by atoms with Gasteiger partial charge in [0.1, 0.15) is 5.75 Å². The molecule has 0 radical (unpaired) electrons. The number of piperazine rings is 1. The quantitative estimate of drug-likeness (QED) is 0.392. The molecule has 10 nitrogen and oxygen atoms in total. The number of nitrogen functional groups attached to an aromatic ring is 1. The first-order chi connectivity index (χ1) is 18.2. The number of amides is 1. The zero-order chi connectivity index (χ0) is 26.9. The summed E-state index contributed by atoms with van der Waals surface area (Å²) in [6.45, 7) is 3.19. The van der Waals surface area contributed by atoms with Gasteiger partial charge in [0.25, 0.3) is 5.91 Å². The lowest BCUT2D eigenvalue weighted by Crippen LogP contribution is -2.44. The minimum atomic E-state index is -4.56. The number of ether oxygens (including phenoxy) is 1. The van der Waals surface area contributed by atoms with Gasteiger partial charge in [0.2, 0.25) is 11.8 Å². The van der Waals surface area contributed by atoms with Crippen LogP contribution in [0.3, 0.4) is 0 Å². The average Bonchev–Trinajstić information content (AvgIpc) is 3.29. The number of alkyl halides is 3. The Bertz CT molecular complexity index is 1460. The van der Waals surface area contributed by atoms with Gasteiger partial charge in [0.05, 0.1) is 29.0 Å². The van der Waals surface area contributed by atoms with Crippen molar-refractivity contribution < 1.29 is 22.7 Å². The predicted octanol–water partition coefficient (Wildman–Crippen LogP) is 3.52. The number of likely N-dealkylation sites (N-methyl/N-ethyl adjacent to an activating group) is 1. The normalized spacial score (nSPS) is 15.1. The van der Waals surface area contributed by atoms with Crippen LogP contribution < -0.4 is 15.8 Å². The van der Waals surface area contributed by atoms with Crippen molar-refractivity contribution >= 4 is 23.1 Å². The van der Waals surface area contributed by atoms with Crippen LogP contribution in [0.5, 0.6) is 11.6 Å². The van der Waals surface area contributed by atoms with E-state index in [1.807, 2.05) is 11.9 Å². The maximum absolute atomic E-state index is 13.9. The Morgan fingerprint density at radius 1 is 1.13 bits per heavy atom. The SMILES string of the molecule is CN1CCN(Cc2ccc(NC(=O)c3cnn4cc(Oc5ccnc(N)n5)ccc34)cc2C(F)(F)F)CC1. The molecule has 0 aliphatic carbocycles. The number of hydrogen-bond acceptors (Lipinski definition) is 8. The molecule has 0 bridgehead atoms. The van der Waals surface area contributed by atoms with Crippen LogP contribution in [0.15, 0.2) is 55.0 Å². The van der Waals surface area contributed by atoms with E-state index in [-0.39, 0.29) is 35.2 Å². The number of fused-ring (bicyclic) bond motifs is 1. The third kappa shape index (κ3) is 5.68. The van der Waals surface area contributed by atoms with Gasteiger partial charge in [0, 0.05) is 50.7 Å². The highest BCUT2D eigenvalue weighted by molar-refractivity contribution is 6.08. The van der Waals surface area contributed by atoms with Crippen molar-refractivity contribution in [3.63, 3.8) is 0 Å². The van der Waals surface area contributed by atoms with Gasteiger partial charge in [-0.2, -0.15) is 23.3 Å². The molecular formula is C25H25F3N8O2. The molecule has 0 spiro atoms. The van der Waals surface area contributed by atoms with E-state index in [0.717, 1.165) is 19.2 Å². The second kappa shape index (κ2) is 10.3. The van der Waals surface area contributed by atoms with Gasteiger partial charge in [0.15, 0.2) is 0 Å². The number of aromatic nitrogens is 4. The maximum atomic E-state index is 13.9. The molecule has 0 saturated carbocycles. The summed E-state index contributed by atoms with van der Waals surface area (Å²) in [4.78, 5) is 24.9. The number of nitrogens with one attached hydrogen (secondary N) is 1. The van der Waals surface area contributed by atoms with Crippen molar-refractivity contribution in [3.8, 4) is 11.6 Å². The zero-order valence-corrected chi connectivity index (χ0v) is 20.4. The van der Waals surface area contributed by atoms with Crippen LogP contribution in [0, 0.1) is 0 Å². The molecule has 1 aromatic carbocycles. The van der Waals surface area contributed by atoms with Crippen LogP contribution in [0.1, 0.15) is 21.5 Å². The van der Waals surface area contributed by atoms with Crippen LogP contribution >= 0.6 is 0 Å². The Labute approximate surface area is 215 Å². The number of benzene rings is 1. The summed E-state index contributed by atoms with van der Waals surface area (Å²) in [5.74, 6) is 0.0924. The van der Waals surface area contributed by atoms with E-state index in [4.69, 9.17) is 10.5 Å². The molecule has 3 aromatic heterocycles. The summed E-state index contributed by atoms with van der Waals surface area (Å²) < 4.78 is 48.8. The van der Waals surface area contributed by atoms with E-state index in [1.165, 1.54) is 35.1 Å². The van der Waals surface area contributed by atoms with Crippen molar-refractivity contribution in [1.82, 2.24) is 29.4 Å². The lowest BCUT2D eigenvalue weighted by molar-refractivity contribution is -0.138. The molecule has 1 saturated heterocycles. The summed E-state index contributed by atoms with van der Waals surface area (Å²) in [6.07, 6.45) is -0.226. The van der Waals surface area contributed by atoms with Crippen molar-refractivity contribution in [3.05, 3.63) is 71.7 Å². The lowest BCUT2D eigenvalue weighted by atomic mass is 10.0. The zero-order valence-electron chi connectivity index (χ0n) is 20.4. The number of pyridine rings is 1. The van der Waals surface area contributed by atoms with Crippen molar-refractivity contribution in [2.24, 2.45) is 0 Å². The van der Waals surface area contributed by atoms with Gasteiger partial charge in [-0.05, 0) is 36.9 Å². The summed E-state index contributed by atoms with van der Waals surface area (Å²) in [5.41, 5.74) is 5.66. The third-order valence-electron chi connectivity index (χ3n) is 6.27. The molecule has 1 aliphatic heterocycles. The molecular weight excluding hydrogens is 501 g/mol. The first-order valence-electron chi connectivity index (χ1n) is 11.8. The molecule has 4 heterocycles. The van der Waals surface area contributed by atoms with Gasteiger partial charge in [-0.3, -0.25) is 9.69 Å². The number of hydrogen-bond donors (Lipinski definition) is 2. The minimum Gasteiger partial charge on any atom is -0.437 e. The van der Waals surface area contributed by atoms with Crippen LogP contribution in [-0.2, 0) is 12.7 Å². The van der Waals surface area contributed by atoms with E-state index < -0.39 is 17.6 Å². The Morgan fingerprint density at radius 3 is 2.66 bits per heavy atom. The van der Waals surface area contributed by atoms with Crippen LogP contribution in [-0.4, -0.2) is 68.5 Å². The van der Waals surface area contributed by atoms with E-state index >= 15 is 0 Å². The van der Waals surface area contributed by atoms with E-state index in [0.29, 0.717) is 24.4 Å². The summed E-state index contributed by atoms with van der Waals surface area (Å²) in [7, 11) is 1.99. The minimum absolute atomic E-state index is 0.0464. The van der Waals surface area contributed by atoms with Gasteiger partial charge in [-0.25, -0.2) is 9.50 Å². The smallest absolute Gasteiger partial charge is 0.416 e. The molecule has 1 aliphatic rings. The van der Waals surface area contributed by atoms with E-state index in [1.54, 1.807) is 18.3 Å². The van der Waals surface area contributed by atoms with Gasteiger partial charge >= 0.3 is 6.18 Å². The molecule has 0 unspecified atom stereocenters. The van der Waals surface area contributed by atoms with Crippen LogP contribution in [0.4, 0.5) is 24.8 Å². The summed E-state index contributed by atoms with van der Waals surface area (Å²) in [6, 6.07) is 8.66. The highest BCUT2D eigenvalue weighted by Crippen LogP contribution is 2.35. The number of halogens is 3. The van der Waals surface area contributed by atoms with E-state index in [2.05, 4.69) is 25.3 Å². The highest BCUT2D eigenvalue weighted by Gasteiger charge is 2.34. The standard InChI is InChI=1S/C25H25F3N8O2/c1-34-8-10-35(11-9-34)14-16-2-3-17(12-20(16)25(26,27)28)32-23(37)19-13-31-36-15-18(4-5-21(19)36)38-22-6-7-30-24(29)33-22/h2-7,12-13,15H,8-11,14H2,1H3,(H,32,37)(H2,29,30,33). The summed E-state index contributed by atoms with van der Waals surface area (Å²) in [5, 5.41) is 6.74. The van der Waals surface area contributed by atoms with Crippen molar-refractivity contribution in [1.29, 1.82) is 0 Å². The molecule has 4 aromatic rings. The summed E-state index contributed by atoms with van der Waals surface area (Å²) >= 11 is 0. The molecule has 3 N–H and O–H groups in total. The average molecular weight is 527 g/mol. The van der Waals surface area contributed by atoms with E-state index in [9.17, 15) is 18.0 Å². The second-order valence-electron chi connectivity index (χ2n) is 9.01. The molecule has 198 valence electrons. The molecule has 1 amide bonds. The number of carbonyl (C=O) groups is 1. The number of nitrogens with two attached hydrogens (primary N) is 1. The fourth-order valence-corrected chi connectivity index (χ4v) is 4.24. The number of rotatable bonds is 6. The molecule has 5 rings (SSSR count). The topological polar surface area (TPSA) is 114 Å². The van der Waals surface area contributed by atoms with Gasteiger partial charge in [-0.1, -0.05) is 6.07 Å². The first kappa shape index (κ1) is 25.4. The van der Waals surface area contributed by atoms with Gasteiger partial charge in [-0.15, -0.1) is 0 Å². The fraction of sp³-hybridized carbons (Fsp3) is 0.280. The Morgan fingerprint density at radius 2 is 1.92 bits per heavy atom. The largest absolute Gasteiger partial charge is 0.437 e. The Hall–Kier alpha value is -4.23. The number of carbonyl (C=O) groups excluding carboxylic acids is 1. The fourth-order valence-electron chi connectivity index (χ4n) is 4.24. The molecule has 0 atom stereocenters. The Balaban J connectivity index is 1.33. The van der Waals surface area contributed by atoms with Crippen LogP contribution in [0.2, 0.25) is 0 Å². The predicted molar refractivity (Wildman–Crippen MR) is 134 cm³/mol. The molecule has 1 fully saturated rings. The monoisotopic (exact) mass is 526 g/mol. The second-order valence-corrected chi connectivity index (χ2v) is 9.01. The highest BCUT2D eigenvalue weighted by atomic mass is 19.4. The number of nitrogens with zero attached hydrogens (tertiary/aromatic N) is 6. The van der Waals surface area contributed by atoms with Crippen molar-refractivity contribution in [2.45, 2.75) is 12.7 Å². The molecule has 38 heavy (non-hydrogen) atoms. The first-order valence-corrected chi connectivity index (χ1v) is 11.8. The third-order valence-corrected chi connectivity index (χ3v) is 6.27. The molecule has 13 heteroatoms. The maximum Gasteiger partial charge on any atom is 0.416 e. The van der Waals surface area contributed by atoms with Gasteiger partial charge < -0.3 is 20.7 Å². The van der Waals surface area contributed by atoms with Crippen LogP contribution in [0.25, 0.3) is 5.52 Å². The number of anilines is 2.